The molecule has 0 atom stereocenters. The Morgan fingerprint density at radius 2 is 1.81 bits per heavy atom. The number of hydrogen-bond donors (Lipinski definition) is 1. The molecule has 2 aromatic carbocycles. The molecule has 26 heavy (non-hydrogen) atoms. The Kier molecular flexibility index (Phi) is 6.33. The minimum atomic E-state index is -3.00. The predicted octanol–water partition coefficient (Wildman–Crippen LogP) is 4.87. The number of aryl methyl sites for hydroxylation is 3. The van der Waals surface area contributed by atoms with Gasteiger partial charge in [-0.05, 0) is 44.0 Å². The summed E-state index contributed by atoms with van der Waals surface area (Å²) in [6.07, 6.45) is 2.68. The lowest BCUT2D eigenvalue weighted by molar-refractivity contribution is -0.111. The molecule has 0 bridgehead atoms. The lowest BCUT2D eigenvalue weighted by Crippen LogP contribution is -2.10. The van der Waals surface area contributed by atoms with Crippen molar-refractivity contribution in [1.29, 1.82) is 0 Å². The van der Waals surface area contributed by atoms with Crippen LogP contribution < -0.4 is 14.8 Å². The van der Waals surface area contributed by atoms with Crippen molar-refractivity contribution >= 4 is 17.7 Å². The number of para-hydroxylation sites is 1. The van der Waals surface area contributed by atoms with Gasteiger partial charge < -0.3 is 14.8 Å². The number of amides is 1. The van der Waals surface area contributed by atoms with Gasteiger partial charge in [-0.3, -0.25) is 4.79 Å². The normalized spacial score (nSPS) is 11.0. The fraction of sp³-hybridized carbons (Fsp3) is 0.250. The zero-order valence-corrected chi connectivity index (χ0v) is 15.1. The van der Waals surface area contributed by atoms with Gasteiger partial charge in [0.1, 0.15) is 0 Å². The van der Waals surface area contributed by atoms with Crippen LogP contribution in [-0.4, -0.2) is 19.6 Å². The van der Waals surface area contributed by atoms with E-state index in [2.05, 4.69) is 10.1 Å². The number of carbonyl (C=O) groups excluding carboxylic acids is 1. The molecule has 138 valence electrons. The van der Waals surface area contributed by atoms with Crippen molar-refractivity contribution in [2.24, 2.45) is 0 Å². The number of ether oxygens (including phenoxy) is 2. The third-order valence-corrected chi connectivity index (χ3v) is 3.78. The number of carbonyl (C=O) groups is 1. The van der Waals surface area contributed by atoms with Crippen LogP contribution >= 0.6 is 0 Å². The molecular formula is C20H21F2NO3. The molecule has 0 radical (unpaired) electrons. The monoisotopic (exact) mass is 361 g/mol. The van der Waals surface area contributed by atoms with Gasteiger partial charge in [-0.25, -0.2) is 0 Å². The first-order valence-corrected chi connectivity index (χ1v) is 8.00. The van der Waals surface area contributed by atoms with Gasteiger partial charge in [-0.1, -0.05) is 29.8 Å². The smallest absolute Gasteiger partial charge is 0.387 e. The summed E-state index contributed by atoms with van der Waals surface area (Å²) in [6, 6.07) is 8.65. The molecule has 0 aliphatic rings. The molecular weight excluding hydrogens is 340 g/mol. The topological polar surface area (TPSA) is 47.6 Å². The molecule has 0 aromatic heterocycles. The van der Waals surface area contributed by atoms with E-state index in [0.29, 0.717) is 5.56 Å². The van der Waals surface area contributed by atoms with Gasteiger partial charge in [0.2, 0.25) is 5.91 Å². The zero-order valence-electron chi connectivity index (χ0n) is 15.1. The molecule has 0 heterocycles. The summed E-state index contributed by atoms with van der Waals surface area (Å²) < 4.78 is 34.9. The Hall–Kier alpha value is -2.89. The van der Waals surface area contributed by atoms with Crippen molar-refractivity contribution in [2.75, 3.05) is 12.4 Å². The van der Waals surface area contributed by atoms with E-state index in [1.165, 1.54) is 25.3 Å². The van der Waals surface area contributed by atoms with Gasteiger partial charge >= 0.3 is 6.61 Å². The maximum Gasteiger partial charge on any atom is 0.387 e. The molecule has 0 aliphatic carbocycles. The minimum Gasteiger partial charge on any atom is -0.493 e. The maximum atomic E-state index is 12.6. The first-order chi connectivity index (χ1) is 12.3. The second-order valence-electron chi connectivity index (χ2n) is 5.85. The number of benzene rings is 2. The second kappa shape index (κ2) is 8.47. The van der Waals surface area contributed by atoms with E-state index in [1.54, 1.807) is 12.1 Å². The highest BCUT2D eigenvalue weighted by atomic mass is 19.3. The quantitative estimate of drug-likeness (QED) is 0.747. The summed E-state index contributed by atoms with van der Waals surface area (Å²) in [4.78, 5) is 12.2. The third-order valence-electron chi connectivity index (χ3n) is 3.78. The van der Waals surface area contributed by atoms with Gasteiger partial charge in [-0.2, -0.15) is 8.78 Å². The van der Waals surface area contributed by atoms with E-state index in [9.17, 15) is 13.6 Å². The van der Waals surface area contributed by atoms with Crippen LogP contribution in [0.1, 0.15) is 22.3 Å². The van der Waals surface area contributed by atoms with Gasteiger partial charge in [0.15, 0.2) is 11.5 Å². The van der Waals surface area contributed by atoms with E-state index in [4.69, 9.17) is 4.74 Å². The molecule has 1 N–H and O–H groups in total. The number of methoxy groups -OCH3 is 1. The Morgan fingerprint density at radius 3 is 2.38 bits per heavy atom. The Labute approximate surface area is 151 Å². The first-order valence-electron chi connectivity index (χ1n) is 8.00. The summed E-state index contributed by atoms with van der Waals surface area (Å²) in [5.41, 5.74) is 4.07. The molecule has 2 aromatic rings. The molecule has 0 aliphatic heterocycles. The number of anilines is 1. The summed E-state index contributed by atoms with van der Waals surface area (Å²) in [7, 11) is 1.36. The fourth-order valence-corrected chi connectivity index (χ4v) is 2.75. The van der Waals surface area contributed by atoms with E-state index in [1.807, 2.05) is 32.9 Å². The maximum absolute atomic E-state index is 12.6. The number of nitrogens with one attached hydrogen (secondary N) is 1. The standard InChI is InChI=1S/C20H21F2NO3/c1-12-10-13(2)18(14(3)11-12)23-17(24)9-8-15-6-5-7-16(25-4)19(15)26-20(21)22/h5-11,20H,1-4H3,(H,23,24)/b9-8+. The molecule has 2 rings (SSSR count). The van der Waals surface area contributed by atoms with Crippen LogP contribution in [0.2, 0.25) is 0 Å². The molecule has 4 nitrogen and oxygen atoms in total. The van der Waals surface area contributed by atoms with Crippen molar-refractivity contribution in [3.63, 3.8) is 0 Å². The van der Waals surface area contributed by atoms with Gasteiger partial charge in [0.05, 0.1) is 7.11 Å². The molecule has 0 unspecified atom stereocenters. The SMILES string of the molecule is COc1cccc(/C=C/C(=O)Nc2c(C)cc(C)cc2C)c1OC(F)F. The van der Waals surface area contributed by atoms with Crippen LogP contribution in [0.3, 0.4) is 0 Å². The van der Waals surface area contributed by atoms with Crippen molar-refractivity contribution in [3.8, 4) is 11.5 Å². The van der Waals surface area contributed by atoms with Gasteiger partial charge in [0, 0.05) is 17.3 Å². The molecule has 0 saturated heterocycles. The van der Waals surface area contributed by atoms with E-state index in [0.717, 1.165) is 22.4 Å². The van der Waals surface area contributed by atoms with Crippen molar-refractivity contribution in [3.05, 3.63) is 58.7 Å². The predicted molar refractivity (Wildman–Crippen MR) is 97.9 cm³/mol. The summed E-state index contributed by atoms with van der Waals surface area (Å²) >= 11 is 0. The molecule has 1 amide bonds. The lowest BCUT2D eigenvalue weighted by atomic mass is 10.1. The average molecular weight is 361 g/mol. The van der Waals surface area contributed by atoms with Crippen LogP contribution in [0.15, 0.2) is 36.4 Å². The molecule has 0 fully saturated rings. The molecule has 0 saturated carbocycles. The number of hydrogen-bond acceptors (Lipinski definition) is 3. The average Bonchev–Trinajstić information content (AvgIpc) is 2.56. The van der Waals surface area contributed by atoms with Crippen molar-refractivity contribution in [1.82, 2.24) is 0 Å². The largest absolute Gasteiger partial charge is 0.493 e. The lowest BCUT2D eigenvalue weighted by Gasteiger charge is -2.13. The summed E-state index contributed by atoms with van der Waals surface area (Å²) in [5.74, 6) is -0.319. The van der Waals surface area contributed by atoms with Gasteiger partial charge in [0.25, 0.3) is 0 Å². The van der Waals surface area contributed by atoms with Crippen LogP contribution in [0.25, 0.3) is 6.08 Å². The van der Waals surface area contributed by atoms with Crippen LogP contribution in [-0.2, 0) is 4.79 Å². The summed E-state index contributed by atoms with van der Waals surface area (Å²) in [5, 5.41) is 2.82. The molecule has 6 heteroatoms. The highest BCUT2D eigenvalue weighted by Gasteiger charge is 2.14. The van der Waals surface area contributed by atoms with Crippen LogP contribution in [0.4, 0.5) is 14.5 Å². The van der Waals surface area contributed by atoms with Gasteiger partial charge in [-0.15, -0.1) is 0 Å². The van der Waals surface area contributed by atoms with E-state index < -0.39 is 6.61 Å². The summed E-state index contributed by atoms with van der Waals surface area (Å²) in [6.45, 7) is 2.82. The number of rotatable bonds is 6. The molecule has 0 spiro atoms. The third kappa shape index (κ3) is 4.81. The van der Waals surface area contributed by atoms with E-state index in [-0.39, 0.29) is 17.4 Å². The number of alkyl halides is 2. The zero-order chi connectivity index (χ0) is 19.3. The van der Waals surface area contributed by atoms with E-state index >= 15 is 0 Å². The second-order valence-corrected chi connectivity index (χ2v) is 5.85. The number of halogens is 2. The van der Waals surface area contributed by atoms with Crippen molar-refractivity contribution < 1.29 is 23.0 Å². The minimum absolute atomic E-state index is 0.114. The van der Waals surface area contributed by atoms with Crippen LogP contribution in [0, 0.1) is 20.8 Å². The first kappa shape index (κ1) is 19.4. The Bertz CT molecular complexity index is 809. The highest BCUT2D eigenvalue weighted by molar-refractivity contribution is 6.03. The van der Waals surface area contributed by atoms with Crippen molar-refractivity contribution in [2.45, 2.75) is 27.4 Å². The Morgan fingerprint density at radius 1 is 1.15 bits per heavy atom. The fourth-order valence-electron chi connectivity index (χ4n) is 2.75. The highest BCUT2D eigenvalue weighted by Crippen LogP contribution is 2.33. The van der Waals surface area contributed by atoms with Crippen LogP contribution in [0.5, 0.6) is 11.5 Å². The Balaban J connectivity index is 2.23.